The Morgan fingerprint density at radius 3 is 2.10 bits per heavy atom. The third-order valence-corrected chi connectivity index (χ3v) is 2.21. The molecule has 0 radical (unpaired) electrons. The molecule has 1 rings (SSSR count). The van der Waals surface area contributed by atoms with E-state index in [-0.39, 0.29) is 11.3 Å². The molecule has 1 amide bonds. The van der Waals surface area contributed by atoms with Crippen LogP contribution in [0.3, 0.4) is 0 Å². The van der Waals surface area contributed by atoms with Gasteiger partial charge in [-0.1, -0.05) is 12.1 Å². The fraction of sp³-hybridized carbons (Fsp3) is 0.462. The van der Waals surface area contributed by atoms with E-state index in [0.29, 0.717) is 0 Å². The monoisotopic (exact) mass is 291 g/mol. The number of ether oxygens (including phenoxy) is 1. The molecule has 1 aromatic rings. The van der Waals surface area contributed by atoms with Crippen molar-refractivity contribution >= 4 is 6.09 Å². The number of rotatable bonds is 2. The summed E-state index contributed by atoms with van der Waals surface area (Å²) in [5.74, 6) is -0.160. The fourth-order valence-corrected chi connectivity index (χ4v) is 1.45. The minimum absolute atomic E-state index is 0.160. The zero-order valence-electron chi connectivity index (χ0n) is 11.3. The molecule has 0 spiro atoms. The predicted octanol–water partition coefficient (Wildman–Crippen LogP) is 3.52. The number of hydrogen-bond acceptors (Lipinski definition) is 3. The lowest BCUT2D eigenvalue weighted by Crippen LogP contribution is -2.41. The van der Waals surface area contributed by atoms with Crippen molar-refractivity contribution in [2.75, 3.05) is 0 Å². The van der Waals surface area contributed by atoms with Crippen LogP contribution in [-0.4, -0.2) is 23.0 Å². The van der Waals surface area contributed by atoms with Gasteiger partial charge in [0.1, 0.15) is 11.4 Å². The molecule has 1 atom stereocenters. The van der Waals surface area contributed by atoms with Gasteiger partial charge in [-0.3, -0.25) is 0 Å². The van der Waals surface area contributed by atoms with Gasteiger partial charge in [0.05, 0.1) is 0 Å². The topological polar surface area (TPSA) is 58.6 Å². The zero-order chi connectivity index (χ0) is 15.6. The van der Waals surface area contributed by atoms with Crippen molar-refractivity contribution < 1.29 is 27.8 Å². The summed E-state index contributed by atoms with van der Waals surface area (Å²) in [5, 5.41) is 10.9. The Hall–Kier alpha value is -1.92. The van der Waals surface area contributed by atoms with Gasteiger partial charge in [-0.2, -0.15) is 13.2 Å². The lowest BCUT2D eigenvalue weighted by Gasteiger charge is -2.25. The highest BCUT2D eigenvalue weighted by Gasteiger charge is 2.42. The van der Waals surface area contributed by atoms with Gasteiger partial charge in [0.2, 0.25) is 0 Å². The van der Waals surface area contributed by atoms with Gasteiger partial charge in [-0.25, -0.2) is 4.79 Å². The number of phenolic OH excluding ortho intramolecular Hbond substituents is 1. The summed E-state index contributed by atoms with van der Waals surface area (Å²) < 4.78 is 43.7. The predicted molar refractivity (Wildman–Crippen MR) is 66.3 cm³/mol. The Morgan fingerprint density at radius 1 is 1.20 bits per heavy atom. The van der Waals surface area contributed by atoms with Crippen LogP contribution in [0.2, 0.25) is 0 Å². The van der Waals surface area contributed by atoms with Crippen LogP contribution in [0.15, 0.2) is 24.3 Å². The van der Waals surface area contributed by atoms with E-state index in [1.165, 1.54) is 0 Å². The number of aromatic hydroxyl groups is 1. The van der Waals surface area contributed by atoms with Gasteiger partial charge in [-0.15, -0.1) is 0 Å². The number of halogens is 3. The number of nitrogens with one attached hydrogen (secondary N) is 1. The smallest absolute Gasteiger partial charge is 0.412 e. The normalized spacial score (nSPS) is 13.7. The minimum atomic E-state index is -4.67. The van der Waals surface area contributed by atoms with Gasteiger partial charge in [0.25, 0.3) is 0 Å². The summed E-state index contributed by atoms with van der Waals surface area (Å²) in [6.07, 6.45) is -5.83. The van der Waals surface area contributed by atoms with Crippen LogP contribution in [-0.2, 0) is 4.74 Å². The van der Waals surface area contributed by atoms with Crippen molar-refractivity contribution in [1.29, 1.82) is 0 Å². The van der Waals surface area contributed by atoms with E-state index >= 15 is 0 Å². The third-order valence-electron chi connectivity index (χ3n) is 2.21. The summed E-state index contributed by atoms with van der Waals surface area (Å²) in [7, 11) is 0. The molecule has 1 aromatic carbocycles. The molecular formula is C13H16F3NO3. The van der Waals surface area contributed by atoms with E-state index in [1.54, 1.807) is 26.1 Å². The number of alkyl carbamates (subject to hydrolysis) is 1. The molecular weight excluding hydrogens is 275 g/mol. The van der Waals surface area contributed by atoms with E-state index in [2.05, 4.69) is 0 Å². The van der Waals surface area contributed by atoms with Crippen molar-refractivity contribution in [3.8, 4) is 5.75 Å². The Bertz CT molecular complexity index is 463. The summed E-state index contributed by atoms with van der Waals surface area (Å²) in [6.45, 7) is 4.65. The van der Waals surface area contributed by atoms with Crippen LogP contribution < -0.4 is 5.32 Å². The Balaban J connectivity index is 2.92. The molecule has 0 saturated heterocycles. The number of phenols is 1. The lowest BCUT2D eigenvalue weighted by molar-refractivity contribution is -0.156. The summed E-state index contributed by atoms with van der Waals surface area (Å²) in [4.78, 5) is 11.5. The first-order chi connectivity index (χ1) is 8.99. The van der Waals surface area contributed by atoms with Gasteiger partial charge in [0, 0.05) is 0 Å². The van der Waals surface area contributed by atoms with E-state index in [1.807, 2.05) is 0 Å². The first-order valence-corrected chi connectivity index (χ1v) is 5.84. The number of carbonyl (C=O) groups is 1. The molecule has 0 aromatic heterocycles. The Labute approximate surface area is 114 Å². The maximum absolute atomic E-state index is 13.0. The third kappa shape index (κ3) is 4.99. The molecule has 112 valence electrons. The quantitative estimate of drug-likeness (QED) is 0.876. The molecule has 0 bridgehead atoms. The second kappa shape index (κ2) is 5.60. The van der Waals surface area contributed by atoms with Gasteiger partial charge in [0.15, 0.2) is 6.04 Å². The van der Waals surface area contributed by atoms with E-state index in [4.69, 9.17) is 9.84 Å². The van der Waals surface area contributed by atoms with Crippen LogP contribution in [0, 0.1) is 0 Å². The molecule has 7 heteroatoms. The number of amides is 1. The highest BCUT2D eigenvalue weighted by molar-refractivity contribution is 5.68. The average molecular weight is 291 g/mol. The van der Waals surface area contributed by atoms with Crippen molar-refractivity contribution in [1.82, 2.24) is 5.32 Å². The van der Waals surface area contributed by atoms with Crippen LogP contribution in [0.5, 0.6) is 5.75 Å². The standard InChI is InChI=1S/C13H16F3NO3/c1-12(2,3)20-11(19)17-10(13(14,15)16)8-4-6-9(18)7-5-8/h4-7,10,18H,1-3H3,(H,17,19)/t10-/m1/s1. The van der Waals surface area contributed by atoms with Gasteiger partial charge >= 0.3 is 12.3 Å². The SMILES string of the molecule is CC(C)(C)OC(=O)N[C@H](c1ccc(O)cc1)C(F)(F)F. The molecule has 0 aliphatic heterocycles. The largest absolute Gasteiger partial charge is 0.508 e. The Kier molecular flexibility index (Phi) is 4.52. The maximum Gasteiger partial charge on any atom is 0.412 e. The second-order valence-corrected chi connectivity index (χ2v) is 5.21. The summed E-state index contributed by atoms with van der Waals surface area (Å²) >= 11 is 0. The second-order valence-electron chi connectivity index (χ2n) is 5.21. The van der Waals surface area contributed by atoms with Crippen molar-refractivity contribution in [2.24, 2.45) is 0 Å². The number of hydrogen-bond donors (Lipinski definition) is 2. The van der Waals surface area contributed by atoms with E-state index in [0.717, 1.165) is 24.3 Å². The van der Waals surface area contributed by atoms with Crippen molar-refractivity contribution in [3.63, 3.8) is 0 Å². The molecule has 20 heavy (non-hydrogen) atoms. The number of carbonyl (C=O) groups excluding carboxylic acids is 1. The van der Waals surface area contributed by atoms with Gasteiger partial charge < -0.3 is 15.2 Å². The van der Waals surface area contributed by atoms with Crippen molar-refractivity contribution in [2.45, 2.75) is 38.6 Å². The molecule has 4 nitrogen and oxygen atoms in total. The molecule has 0 fully saturated rings. The van der Waals surface area contributed by atoms with Crippen LogP contribution >= 0.6 is 0 Å². The molecule has 0 aliphatic rings. The van der Waals surface area contributed by atoms with Crippen LogP contribution in [0.1, 0.15) is 32.4 Å². The van der Waals surface area contributed by atoms with E-state index < -0.39 is 23.9 Å². The maximum atomic E-state index is 13.0. The molecule has 0 heterocycles. The number of alkyl halides is 3. The summed E-state index contributed by atoms with van der Waals surface area (Å²) in [6, 6.07) is 2.21. The lowest BCUT2D eigenvalue weighted by atomic mass is 10.1. The first-order valence-electron chi connectivity index (χ1n) is 5.84. The number of benzene rings is 1. The van der Waals surface area contributed by atoms with Gasteiger partial charge in [-0.05, 0) is 38.5 Å². The highest BCUT2D eigenvalue weighted by atomic mass is 19.4. The average Bonchev–Trinajstić information content (AvgIpc) is 2.23. The summed E-state index contributed by atoms with van der Waals surface area (Å²) in [5.41, 5.74) is -1.09. The molecule has 2 N–H and O–H groups in total. The van der Waals surface area contributed by atoms with Crippen LogP contribution in [0.4, 0.5) is 18.0 Å². The van der Waals surface area contributed by atoms with Crippen LogP contribution in [0.25, 0.3) is 0 Å². The minimum Gasteiger partial charge on any atom is -0.508 e. The Morgan fingerprint density at radius 2 is 1.70 bits per heavy atom. The van der Waals surface area contributed by atoms with Crippen molar-refractivity contribution in [3.05, 3.63) is 29.8 Å². The molecule has 0 unspecified atom stereocenters. The van der Waals surface area contributed by atoms with E-state index in [9.17, 15) is 18.0 Å². The zero-order valence-corrected chi connectivity index (χ0v) is 11.3. The molecule has 0 saturated carbocycles. The highest BCUT2D eigenvalue weighted by Crippen LogP contribution is 2.33. The molecule has 0 aliphatic carbocycles. The fourth-order valence-electron chi connectivity index (χ4n) is 1.45. The first kappa shape index (κ1) is 16.1.